The van der Waals surface area contributed by atoms with Crippen LogP contribution in [0.3, 0.4) is 0 Å². The number of nitrogens with one attached hydrogen (secondary N) is 1. The summed E-state index contributed by atoms with van der Waals surface area (Å²) in [6.45, 7) is -0.130. The van der Waals surface area contributed by atoms with Crippen molar-refractivity contribution < 1.29 is 18.7 Å². The van der Waals surface area contributed by atoms with Crippen molar-refractivity contribution >= 4 is 11.7 Å². The smallest absolute Gasteiger partial charge is 0.223 e. The van der Waals surface area contributed by atoms with Crippen molar-refractivity contribution in [2.45, 2.75) is 12.8 Å². The molecule has 0 radical (unpaired) electrons. The van der Waals surface area contributed by atoms with Gasteiger partial charge in [0.1, 0.15) is 11.6 Å². The second kappa shape index (κ2) is 5.16. The molecular formula is C13H14FNO3. The Bertz CT molecular complexity index is 483. The average Bonchev–Trinajstić information content (AvgIpc) is 3.19. The quantitative estimate of drug-likeness (QED) is 0.808. The van der Waals surface area contributed by atoms with Crippen molar-refractivity contribution in [3.63, 3.8) is 0 Å². The number of rotatable bonds is 5. The Morgan fingerprint density at radius 1 is 1.44 bits per heavy atom. The first-order chi connectivity index (χ1) is 8.61. The summed E-state index contributed by atoms with van der Waals surface area (Å²) >= 11 is 0. The number of Topliss-reactive ketones (excluding diaryl/α,β-unsaturated/α-hetero) is 1. The second-order valence-corrected chi connectivity index (χ2v) is 4.26. The molecule has 2 rings (SSSR count). The number of ketones is 1. The molecule has 0 saturated heterocycles. The predicted molar refractivity (Wildman–Crippen MR) is 63.0 cm³/mol. The molecule has 96 valence electrons. The molecule has 0 atom stereocenters. The average molecular weight is 251 g/mol. The molecule has 1 aliphatic carbocycles. The maximum atomic E-state index is 13.1. The molecule has 0 aliphatic heterocycles. The monoisotopic (exact) mass is 251 g/mol. The van der Waals surface area contributed by atoms with Crippen molar-refractivity contribution in [1.82, 2.24) is 5.32 Å². The van der Waals surface area contributed by atoms with Gasteiger partial charge in [0.15, 0.2) is 5.78 Å². The van der Waals surface area contributed by atoms with Crippen molar-refractivity contribution in [2.24, 2.45) is 5.92 Å². The number of hydrogen-bond donors (Lipinski definition) is 1. The van der Waals surface area contributed by atoms with E-state index in [0.717, 1.165) is 18.9 Å². The Morgan fingerprint density at radius 2 is 2.17 bits per heavy atom. The minimum Gasteiger partial charge on any atom is -0.496 e. The molecule has 1 aliphatic rings. The summed E-state index contributed by atoms with van der Waals surface area (Å²) in [6.07, 6.45) is 1.76. The Labute approximate surface area is 104 Å². The zero-order valence-corrected chi connectivity index (χ0v) is 10.0. The van der Waals surface area contributed by atoms with Gasteiger partial charge in [0, 0.05) is 5.92 Å². The van der Waals surface area contributed by atoms with Gasteiger partial charge >= 0.3 is 0 Å². The number of methoxy groups -OCH3 is 1. The van der Waals surface area contributed by atoms with E-state index < -0.39 is 5.82 Å². The summed E-state index contributed by atoms with van der Waals surface area (Å²) in [7, 11) is 1.41. The van der Waals surface area contributed by atoms with E-state index in [1.165, 1.54) is 19.2 Å². The summed E-state index contributed by atoms with van der Waals surface area (Å²) in [5.41, 5.74) is 0.147. The minimum atomic E-state index is -0.507. The number of amides is 1. The number of benzene rings is 1. The summed E-state index contributed by atoms with van der Waals surface area (Å²) in [5.74, 6) is -0.624. The van der Waals surface area contributed by atoms with Crippen LogP contribution in [0, 0.1) is 11.7 Å². The van der Waals surface area contributed by atoms with Crippen LogP contribution in [0.25, 0.3) is 0 Å². The molecule has 0 aromatic heterocycles. The van der Waals surface area contributed by atoms with Gasteiger partial charge in [-0.25, -0.2) is 4.39 Å². The molecule has 1 aromatic carbocycles. The molecule has 0 heterocycles. The van der Waals surface area contributed by atoms with Crippen LogP contribution in [0.1, 0.15) is 23.2 Å². The zero-order chi connectivity index (χ0) is 13.1. The van der Waals surface area contributed by atoms with Crippen LogP contribution in [0.5, 0.6) is 5.75 Å². The van der Waals surface area contributed by atoms with Gasteiger partial charge in [-0.3, -0.25) is 9.59 Å². The maximum Gasteiger partial charge on any atom is 0.223 e. The molecular weight excluding hydrogens is 237 g/mol. The fourth-order valence-electron chi connectivity index (χ4n) is 1.65. The molecule has 18 heavy (non-hydrogen) atoms. The highest BCUT2D eigenvalue weighted by atomic mass is 19.1. The maximum absolute atomic E-state index is 13.1. The highest BCUT2D eigenvalue weighted by Crippen LogP contribution is 2.28. The first kappa shape index (κ1) is 12.5. The van der Waals surface area contributed by atoms with E-state index in [4.69, 9.17) is 4.74 Å². The van der Waals surface area contributed by atoms with Gasteiger partial charge in [-0.1, -0.05) is 0 Å². The Kier molecular flexibility index (Phi) is 3.60. The predicted octanol–water partition coefficient (Wildman–Crippen LogP) is 1.54. The summed E-state index contributed by atoms with van der Waals surface area (Å²) < 4.78 is 18.1. The van der Waals surface area contributed by atoms with E-state index >= 15 is 0 Å². The third-order valence-corrected chi connectivity index (χ3v) is 2.83. The van der Waals surface area contributed by atoms with Gasteiger partial charge in [0.25, 0.3) is 0 Å². The van der Waals surface area contributed by atoms with Gasteiger partial charge in [0.05, 0.1) is 19.2 Å². The van der Waals surface area contributed by atoms with Gasteiger partial charge in [-0.05, 0) is 31.0 Å². The second-order valence-electron chi connectivity index (χ2n) is 4.26. The van der Waals surface area contributed by atoms with Gasteiger partial charge < -0.3 is 10.1 Å². The molecule has 1 saturated carbocycles. The fraction of sp³-hybridized carbons (Fsp3) is 0.385. The van der Waals surface area contributed by atoms with E-state index in [0.29, 0.717) is 5.75 Å². The normalized spacial score (nSPS) is 14.1. The molecule has 0 bridgehead atoms. The van der Waals surface area contributed by atoms with Crippen LogP contribution in [-0.2, 0) is 4.79 Å². The lowest BCUT2D eigenvalue weighted by molar-refractivity contribution is -0.122. The van der Waals surface area contributed by atoms with E-state index in [1.807, 2.05) is 0 Å². The summed E-state index contributed by atoms with van der Waals surface area (Å²) in [5, 5.41) is 2.55. The van der Waals surface area contributed by atoms with Crippen molar-refractivity contribution in [1.29, 1.82) is 0 Å². The highest BCUT2D eigenvalue weighted by molar-refractivity contribution is 6.01. The SMILES string of the molecule is COc1ccc(F)cc1C(=O)CNC(=O)C1CC1. The van der Waals surface area contributed by atoms with Crippen LogP contribution in [0.2, 0.25) is 0 Å². The molecule has 1 aromatic rings. The zero-order valence-electron chi connectivity index (χ0n) is 10.0. The third-order valence-electron chi connectivity index (χ3n) is 2.83. The highest BCUT2D eigenvalue weighted by Gasteiger charge is 2.29. The van der Waals surface area contributed by atoms with E-state index in [-0.39, 0.29) is 29.7 Å². The third kappa shape index (κ3) is 2.85. The van der Waals surface area contributed by atoms with Gasteiger partial charge in [-0.2, -0.15) is 0 Å². The lowest BCUT2D eigenvalue weighted by atomic mass is 10.1. The first-order valence-corrected chi connectivity index (χ1v) is 5.76. The van der Waals surface area contributed by atoms with E-state index in [2.05, 4.69) is 5.32 Å². The van der Waals surface area contributed by atoms with Crippen molar-refractivity contribution in [3.05, 3.63) is 29.6 Å². The number of ether oxygens (including phenoxy) is 1. The largest absolute Gasteiger partial charge is 0.496 e. The fourth-order valence-corrected chi connectivity index (χ4v) is 1.65. The lowest BCUT2D eigenvalue weighted by Crippen LogP contribution is -2.30. The van der Waals surface area contributed by atoms with Crippen LogP contribution < -0.4 is 10.1 Å². The Morgan fingerprint density at radius 3 is 2.78 bits per heavy atom. The molecule has 0 spiro atoms. The molecule has 0 unspecified atom stereocenters. The summed E-state index contributed by atoms with van der Waals surface area (Å²) in [4.78, 5) is 23.3. The van der Waals surface area contributed by atoms with E-state index in [1.54, 1.807) is 0 Å². The minimum absolute atomic E-state index is 0.0483. The topological polar surface area (TPSA) is 55.4 Å². The Hall–Kier alpha value is -1.91. The molecule has 1 fully saturated rings. The Balaban J connectivity index is 2.03. The molecule has 1 N–H and O–H groups in total. The van der Waals surface area contributed by atoms with Crippen molar-refractivity contribution in [2.75, 3.05) is 13.7 Å². The van der Waals surface area contributed by atoms with Crippen molar-refractivity contribution in [3.8, 4) is 5.75 Å². The number of halogens is 1. The number of carbonyl (C=O) groups is 2. The standard InChI is InChI=1S/C13H14FNO3/c1-18-12-5-4-9(14)6-10(12)11(16)7-15-13(17)8-2-3-8/h4-6,8H,2-3,7H2,1H3,(H,15,17). The summed E-state index contributed by atoms with van der Waals surface area (Å²) in [6, 6.07) is 3.73. The van der Waals surface area contributed by atoms with Crippen LogP contribution in [0.15, 0.2) is 18.2 Å². The number of carbonyl (C=O) groups excluding carboxylic acids is 2. The molecule has 1 amide bonds. The van der Waals surface area contributed by atoms with E-state index in [9.17, 15) is 14.0 Å². The lowest BCUT2D eigenvalue weighted by Gasteiger charge is -2.08. The van der Waals surface area contributed by atoms with Gasteiger partial charge in [-0.15, -0.1) is 0 Å². The van der Waals surface area contributed by atoms with Crippen LogP contribution in [-0.4, -0.2) is 25.3 Å². The number of hydrogen-bond acceptors (Lipinski definition) is 3. The molecule has 5 heteroatoms. The van der Waals surface area contributed by atoms with Crippen LogP contribution in [0.4, 0.5) is 4.39 Å². The van der Waals surface area contributed by atoms with Crippen LogP contribution >= 0.6 is 0 Å². The van der Waals surface area contributed by atoms with Gasteiger partial charge in [0.2, 0.25) is 5.91 Å². The first-order valence-electron chi connectivity index (χ1n) is 5.76. The molecule has 4 nitrogen and oxygen atoms in total.